The Labute approximate surface area is 165 Å². The van der Waals surface area contributed by atoms with Crippen molar-refractivity contribution in [2.45, 2.75) is 57.8 Å². The summed E-state index contributed by atoms with van der Waals surface area (Å²) >= 11 is 0. The summed E-state index contributed by atoms with van der Waals surface area (Å²) in [5, 5.41) is 0. The van der Waals surface area contributed by atoms with Crippen molar-refractivity contribution in [2.24, 2.45) is 11.8 Å². The smallest absolute Gasteiger partial charge is 0.0162 e. The van der Waals surface area contributed by atoms with Gasteiger partial charge in [-0.2, -0.15) is 0 Å². The zero-order chi connectivity index (χ0) is 18.6. The number of benzene rings is 2. The molecule has 0 aromatic heterocycles. The van der Waals surface area contributed by atoms with Gasteiger partial charge in [-0.15, -0.1) is 6.58 Å². The van der Waals surface area contributed by atoms with Crippen LogP contribution in [0.5, 0.6) is 0 Å². The van der Waals surface area contributed by atoms with Gasteiger partial charge in [0.1, 0.15) is 0 Å². The molecule has 2 aliphatic rings. The first-order valence-electron chi connectivity index (χ1n) is 10.7. The van der Waals surface area contributed by atoms with Gasteiger partial charge >= 0.3 is 0 Å². The second-order valence-electron chi connectivity index (χ2n) is 8.48. The second-order valence-corrected chi connectivity index (χ2v) is 8.48. The van der Waals surface area contributed by atoms with Gasteiger partial charge in [0.15, 0.2) is 0 Å². The minimum absolute atomic E-state index is 0.726. The van der Waals surface area contributed by atoms with Crippen LogP contribution in [0.15, 0.2) is 67.3 Å². The molecule has 0 radical (unpaired) electrons. The standard InChI is InChI=1S/C27H32/c1-3-5-21-8-11-27-19-26(17-16-25(27)18-21)24-14-12-23(13-15-24)22-9-6-20(4-2)7-10-22/h3-5,12-17,19-22H,2,6-11,18H2,1H3/b5-3+. The quantitative estimate of drug-likeness (QED) is 0.498. The maximum absolute atomic E-state index is 3.97. The van der Waals surface area contributed by atoms with E-state index in [0.717, 1.165) is 17.8 Å². The summed E-state index contributed by atoms with van der Waals surface area (Å²) in [6.45, 7) is 6.10. The van der Waals surface area contributed by atoms with Gasteiger partial charge in [0.25, 0.3) is 0 Å². The molecule has 1 atom stereocenters. The predicted octanol–water partition coefficient (Wildman–Crippen LogP) is 7.49. The van der Waals surface area contributed by atoms with E-state index < -0.39 is 0 Å². The molecule has 0 saturated heterocycles. The van der Waals surface area contributed by atoms with Gasteiger partial charge in [-0.3, -0.25) is 0 Å². The van der Waals surface area contributed by atoms with Crippen LogP contribution in [0.25, 0.3) is 11.1 Å². The lowest BCUT2D eigenvalue weighted by Crippen LogP contribution is -2.12. The Morgan fingerprint density at radius 3 is 2.26 bits per heavy atom. The Morgan fingerprint density at radius 2 is 1.56 bits per heavy atom. The fourth-order valence-corrected chi connectivity index (χ4v) is 5.04. The van der Waals surface area contributed by atoms with Gasteiger partial charge in [-0.1, -0.05) is 60.7 Å². The third-order valence-electron chi connectivity index (χ3n) is 6.76. The molecule has 4 rings (SSSR count). The van der Waals surface area contributed by atoms with Crippen molar-refractivity contribution in [1.82, 2.24) is 0 Å². The monoisotopic (exact) mass is 356 g/mol. The first-order chi connectivity index (χ1) is 13.3. The van der Waals surface area contributed by atoms with Crippen molar-refractivity contribution in [1.29, 1.82) is 0 Å². The number of aryl methyl sites for hydroxylation is 1. The van der Waals surface area contributed by atoms with E-state index in [4.69, 9.17) is 0 Å². The normalized spacial score (nSPS) is 25.3. The maximum atomic E-state index is 3.97. The van der Waals surface area contributed by atoms with Crippen LogP contribution in [0, 0.1) is 11.8 Å². The van der Waals surface area contributed by atoms with Crippen LogP contribution in [0.3, 0.4) is 0 Å². The lowest BCUT2D eigenvalue weighted by atomic mass is 9.78. The molecule has 0 heterocycles. The Kier molecular flexibility index (Phi) is 5.62. The molecule has 1 fully saturated rings. The van der Waals surface area contributed by atoms with E-state index in [-0.39, 0.29) is 0 Å². The third kappa shape index (κ3) is 4.10. The van der Waals surface area contributed by atoms with Crippen molar-refractivity contribution in [2.75, 3.05) is 0 Å². The molecule has 0 heteroatoms. The van der Waals surface area contributed by atoms with Crippen LogP contribution < -0.4 is 0 Å². The fraction of sp³-hybridized carbons (Fsp3) is 0.407. The largest absolute Gasteiger partial charge is 0.103 e. The van der Waals surface area contributed by atoms with Crippen molar-refractivity contribution in [3.05, 3.63) is 84.0 Å². The van der Waals surface area contributed by atoms with E-state index >= 15 is 0 Å². The van der Waals surface area contributed by atoms with Crippen molar-refractivity contribution in [3.63, 3.8) is 0 Å². The average molecular weight is 357 g/mol. The summed E-state index contributed by atoms with van der Waals surface area (Å²) in [6, 6.07) is 16.5. The van der Waals surface area contributed by atoms with Crippen LogP contribution in [0.4, 0.5) is 0 Å². The lowest BCUT2D eigenvalue weighted by molar-refractivity contribution is 0.376. The highest BCUT2D eigenvalue weighted by atomic mass is 14.3. The number of hydrogen-bond donors (Lipinski definition) is 0. The molecule has 0 bridgehead atoms. The SMILES string of the molecule is C=CC1CCC(c2ccc(-c3ccc4c(c3)CCC(/C=C/C)C4)cc2)CC1. The minimum Gasteiger partial charge on any atom is -0.103 e. The molecule has 0 spiro atoms. The molecular weight excluding hydrogens is 324 g/mol. The van der Waals surface area contributed by atoms with Crippen LogP contribution in [0.2, 0.25) is 0 Å². The molecule has 1 unspecified atom stereocenters. The van der Waals surface area contributed by atoms with Gasteiger partial charge in [-0.05, 0) is 97.4 Å². The van der Waals surface area contributed by atoms with Crippen LogP contribution in [-0.4, -0.2) is 0 Å². The van der Waals surface area contributed by atoms with Crippen molar-refractivity contribution in [3.8, 4) is 11.1 Å². The van der Waals surface area contributed by atoms with Crippen LogP contribution >= 0.6 is 0 Å². The number of allylic oxidation sites excluding steroid dienone is 3. The lowest BCUT2D eigenvalue weighted by Gasteiger charge is -2.27. The van der Waals surface area contributed by atoms with Crippen LogP contribution in [0.1, 0.15) is 61.6 Å². The molecule has 2 aromatic carbocycles. The highest BCUT2D eigenvalue weighted by Crippen LogP contribution is 2.37. The predicted molar refractivity (Wildman–Crippen MR) is 117 cm³/mol. The summed E-state index contributed by atoms with van der Waals surface area (Å²) in [5.74, 6) is 2.20. The van der Waals surface area contributed by atoms with E-state index in [0.29, 0.717) is 0 Å². The Morgan fingerprint density at radius 1 is 0.815 bits per heavy atom. The molecule has 27 heavy (non-hydrogen) atoms. The van der Waals surface area contributed by atoms with Gasteiger partial charge in [-0.25, -0.2) is 0 Å². The Bertz CT molecular complexity index is 800. The summed E-state index contributed by atoms with van der Waals surface area (Å²) in [6.07, 6.45) is 15.6. The highest BCUT2D eigenvalue weighted by molar-refractivity contribution is 5.65. The molecule has 0 amide bonds. The summed E-state index contributed by atoms with van der Waals surface area (Å²) in [4.78, 5) is 0. The highest BCUT2D eigenvalue weighted by Gasteiger charge is 2.21. The van der Waals surface area contributed by atoms with Crippen LogP contribution in [-0.2, 0) is 12.8 Å². The van der Waals surface area contributed by atoms with Gasteiger partial charge in [0.2, 0.25) is 0 Å². The molecular formula is C27H32. The van der Waals surface area contributed by atoms with E-state index in [1.165, 1.54) is 61.6 Å². The summed E-state index contributed by atoms with van der Waals surface area (Å²) in [7, 11) is 0. The Hall–Kier alpha value is -2.08. The van der Waals surface area contributed by atoms with Gasteiger partial charge in [0, 0.05) is 0 Å². The van der Waals surface area contributed by atoms with Gasteiger partial charge in [0.05, 0.1) is 0 Å². The van der Waals surface area contributed by atoms with E-state index in [2.05, 4.69) is 74.2 Å². The zero-order valence-electron chi connectivity index (χ0n) is 16.7. The van der Waals surface area contributed by atoms with E-state index in [1.54, 1.807) is 11.1 Å². The molecule has 2 aromatic rings. The fourth-order valence-electron chi connectivity index (χ4n) is 5.04. The van der Waals surface area contributed by atoms with E-state index in [9.17, 15) is 0 Å². The average Bonchev–Trinajstić information content (AvgIpc) is 2.74. The molecule has 0 N–H and O–H groups in total. The molecule has 1 saturated carbocycles. The number of fused-ring (bicyclic) bond motifs is 1. The molecule has 140 valence electrons. The van der Waals surface area contributed by atoms with Gasteiger partial charge < -0.3 is 0 Å². The topological polar surface area (TPSA) is 0 Å². The zero-order valence-corrected chi connectivity index (χ0v) is 16.7. The summed E-state index contributed by atoms with van der Waals surface area (Å²) in [5.41, 5.74) is 7.36. The number of hydrogen-bond acceptors (Lipinski definition) is 0. The molecule has 0 aliphatic heterocycles. The molecule has 2 aliphatic carbocycles. The maximum Gasteiger partial charge on any atom is -0.0162 e. The van der Waals surface area contributed by atoms with Crippen molar-refractivity contribution < 1.29 is 0 Å². The Balaban J connectivity index is 1.47. The first kappa shape index (κ1) is 18.3. The third-order valence-corrected chi connectivity index (χ3v) is 6.76. The minimum atomic E-state index is 0.726. The summed E-state index contributed by atoms with van der Waals surface area (Å²) < 4.78 is 0. The first-order valence-corrected chi connectivity index (χ1v) is 10.7. The van der Waals surface area contributed by atoms with Crippen molar-refractivity contribution >= 4 is 0 Å². The number of rotatable bonds is 4. The van der Waals surface area contributed by atoms with E-state index in [1.807, 2.05) is 0 Å². The molecule has 0 nitrogen and oxygen atoms in total. The second kappa shape index (κ2) is 8.30.